The minimum atomic E-state index is -1.93. The van der Waals surface area contributed by atoms with E-state index in [4.69, 9.17) is 11.8 Å². The van der Waals surface area contributed by atoms with Gasteiger partial charge in [0, 0.05) is 17.7 Å². The Balaban J connectivity index is 2.58. The lowest BCUT2D eigenvalue weighted by atomic mass is 10.4. The zero-order valence-electron chi connectivity index (χ0n) is 9.32. The predicted molar refractivity (Wildman–Crippen MR) is 71.7 cm³/mol. The van der Waals surface area contributed by atoms with E-state index in [-0.39, 0.29) is 0 Å². The summed E-state index contributed by atoms with van der Waals surface area (Å²) in [4.78, 5) is 4.09. The van der Waals surface area contributed by atoms with Crippen LogP contribution < -0.4 is 5.30 Å². The highest BCUT2D eigenvalue weighted by Gasteiger charge is 2.23. The topological polar surface area (TPSA) is 21.1 Å². The minimum Gasteiger partial charge on any atom is -0.293 e. The molecule has 1 aromatic carbocycles. The van der Waals surface area contributed by atoms with Crippen LogP contribution >= 0.6 is 6.34 Å². The van der Waals surface area contributed by atoms with Gasteiger partial charge in [-0.1, -0.05) is 42.1 Å². The summed E-state index contributed by atoms with van der Waals surface area (Å²) in [5, 5.41) is 1.17. The molecule has 1 unspecified atom stereocenters. The van der Waals surface area contributed by atoms with Crippen molar-refractivity contribution in [2.45, 2.75) is 0 Å². The van der Waals surface area contributed by atoms with E-state index >= 15 is 0 Å². The number of hydrogen-bond donors (Lipinski definition) is 0. The highest BCUT2D eigenvalue weighted by Crippen LogP contribution is 2.47. The Labute approximate surface area is 101 Å². The van der Waals surface area contributed by atoms with Crippen molar-refractivity contribution < 1.29 is 0 Å². The second-order valence-electron chi connectivity index (χ2n) is 3.67. The van der Waals surface area contributed by atoms with Gasteiger partial charge in [0.2, 0.25) is 0 Å². The maximum Gasteiger partial charge on any atom is 0.134 e. The molecule has 1 heterocycles. The molecule has 0 aliphatic rings. The maximum atomic E-state index is 5.87. The molecule has 0 spiro atoms. The summed E-state index contributed by atoms with van der Waals surface area (Å²) in [5.41, 5.74) is 0. The highest BCUT2D eigenvalue weighted by atomic mass is 32.4. The fourth-order valence-corrected chi connectivity index (χ4v) is 4.40. The fourth-order valence-electron chi connectivity index (χ4n) is 1.61. The van der Waals surface area contributed by atoms with Crippen LogP contribution in [0.3, 0.4) is 0 Å². The zero-order chi connectivity index (χ0) is 11.6. The molecule has 2 rings (SSSR count). The molecule has 5 heteroatoms. The van der Waals surface area contributed by atoms with E-state index in [1.54, 1.807) is 12.5 Å². The van der Waals surface area contributed by atoms with Gasteiger partial charge in [0.1, 0.15) is 6.34 Å². The van der Waals surface area contributed by atoms with Crippen LogP contribution in [0.5, 0.6) is 0 Å². The monoisotopic (exact) mass is 251 g/mol. The molecule has 84 valence electrons. The quantitative estimate of drug-likeness (QED) is 0.778. The summed E-state index contributed by atoms with van der Waals surface area (Å²) < 4.78 is 4.15. The van der Waals surface area contributed by atoms with Gasteiger partial charge < -0.3 is 0 Å². The second kappa shape index (κ2) is 4.50. The van der Waals surface area contributed by atoms with Crippen molar-refractivity contribution in [1.82, 2.24) is 14.0 Å². The van der Waals surface area contributed by atoms with E-state index in [0.29, 0.717) is 0 Å². The van der Waals surface area contributed by atoms with Crippen LogP contribution in [0.15, 0.2) is 49.1 Å². The maximum absolute atomic E-state index is 5.87. The van der Waals surface area contributed by atoms with Crippen LogP contribution in [0.1, 0.15) is 0 Å². The van der Waals surface area contributed by atoms with E-state index in [9.17, 15) is 0 Å². The standard InChI is InChI=1S/C11H14N3PS/c1-13(2)15(16,14-9-8-12-10-14)11-6-4-3-5-7-11/h3-10H,1-2H3. The molecule has 1 aromatic heterocycles. The van der Waals surface area contributed by atoms with Crippen LogP contribution in [-0.4, -0.2) is 28.1 Å². The lowest BCUT2D eigenvalue weighted by molar-refractivity contribution is 0.671. The Morgan fingerprint density at radius 3 is 2.44 bits per heavy atom. The third-order valence-electron chi connectivity index (χ3n) is 2.44. The van der Waals surface area contributed by atoms with Crippen LogP contribution in [0.25, 0.3) is 0 Å². The van der Waals surface area contributed by atoms with Crippen LogP contribution in [0.4, 0.5) is 0 Å². The molecule has 0 saturated heterocycles. The third-order valence-corrected chi connectivity index (χ3v) is 7.53. The molecule has 0 N–H and O–H groups in total. The Kier molecular flexibility index (Phi) is 3.24. The lowest BCUT2D eigenvalue weighted by Crippen LogP contribution is -2.22. The van der Waals surface area contributed by atoms with E-state index in [2.05, 4.69) is 21.8 Å². The van der Waals surface area contributed by atoms with Crippen LogP contribution in [0.2, 0.25) is 0 Å². The first-order chi connectivity index (χ1) is 7.65. The van der Waals surface area contributed by atoms with E-state index < -0.39 is 6.34 Å². The first-order valence-electron chi connectivity index (χ1n) is 4.98. The van der Waals surface area contributed by atoms with Crippen molar-refractivity contribution in [3.05, 3.63) is 49.1 Å². The summed E-state index contributed by atoms with van der Waals surface area (Å²) in [6.45, 7) is 0. The van der Waals surface area contributed by atoms with E-state index in [1.807, 2.05) is 42.8 Å². The summed E-state index contributed by atoms with van der Waals surface area (Å²) >= 11 is 5.87. The summed E-state index contributed by atoms with van der Waals surface area (Å²) in [7, 11) is 4.04. The molecule has 0 aliphatic heterocycles. The molecule has 0 saturated carbocycles. The molecular weight excluding hydrogens is 237 g/mol. The normalized spacial score (nSPS) is 14.9. The zero-order valence-corrected chi connectivity index (χ0v) is 11.0. The lowest BCUT2D eigenvalue weighted by Gasteiger charge is -2.30. The van der Waals surface area contributed by atoms with Crippen molar-refractivity contribution in [1.29, 1.82) is 0 Å². The van der Waals surface area contributed by atoms with Gasteiger partial charge in [-0.2, -0.15) is 0 Å². The number of benzene rings is 1. The smallest absolute Gasteiger partial charge is 0.134 e. The molecule has 0 radical (unpaired) electrons. The summed E-state index contributed by atoms with van der Waals surface area (Å²) in [5.74, 6) is 0. The first kappa shape index (κ1) is 11.5. The number of rotatable bonds is 3. The number of hydrogen-bond acceptors (Lipinski definition) is 2. The molecule has 2 aromatic rings. The molecule has 0 bridgehead atoms. The van der Waals surface area contributed by atoms with Crippen molar-refractivity contribution in [3.63, 3.8) is 0 Å². The van der Waals surface area contributed by atoms with E-state index in [1.165, 1.54) is 5.30 Å². The Bertz CT molecular complexity index is 493. The minimum absolute atomic E-state index is 1.17. The third kappa shape index (κ3) is 1.84. The van der Waals surface area contributed by atoms with Gasteiger partial charge in [0.05, 0.1) is 6.33 Å². The molecule has 16 heavy (non-hydrogen) atoms. The van der Waals surface area contributed by atoms with Gasteiger partial charge in [-0.3, -0.25) is 9.01 Å². The molecule has 0 fully saturated rings. The SMILES string of the molecule is CN(C)P(=S)(c1ccccc1)n1ccnc1. The molecule has 0 amide bonds. The van der Waals surface area contributed by atoms with Crippen molar-refractivity contribution in [2.75, 3.05) is 14.1 Å². The van der Waals surface area contributed by atoms with Crippen molar-refractivity contribution >= 4 is 23.5 Å². The molecular formula is C11H14N3PS. The Morgan fingerprint density at radius 2 is 1.94 bits per heavy atom. The average molecular weight is 251 g/mol. The molecule has 1 atom stereocenters. The van der Waals surface area contributed by atoms with Crippen LogP contribution in [0, 0.1) is 0 Å². The fraction of sp³-hybridized carbons (Fsp3) is 0.182. The van der Waals surface area contributed by atoms with Gasteiger partial charge in [-0.05, 0) is 14.1 Å². The van der Waals surface area contributed by atoms with Gasteiger partial charge in [-0.15, -0.1) is 0 Å². The van der Waals surface area contributed by atoms with Crippen LogP contribution in [-0.2, 0) is 11.8 Å². The number of nitrogens with zero attached hydrogens (tertiary/aromatic N) is 3. The highest BCUT2D eigenvalue weighted by molar-refractivity contribution is 8.16. The largest absolute Gasteiger partial charge is 0.293 e. The second-order valence-corrected chi connectivity index (χ2v) is 8.06. The Morgan fingerprint density at radius 1 is 1.25 bits per heavy atom. The molecule has 0 aliphatic carbocycles. The van der Waals surface area contributed by atoms with Gasteiger partial charge in [-0.25, -0.2) is 4.98 Å². The van der Waals surface area contributed by atoms with Gasteiger partial charge >= 0.3 is 0 Å². The average Bonchev–Trinajstić information content (AvgIpc) is 2.82. The predicted octanol–water partition coefficient (Wildman–Crippen LogP) is 1.93. The van der Waals surface area contributed by atoms with Crippen molar-refractivity contribution in [3.8, 4) is 0 Å². The van der Waals surface area contributed by atoms with Crippen molar-refractivity contribution in [2.24, 2.45) is 0 Å². The number of imidazole rings is 1. The van der Waals surface area contributed by atoms with E-state index in [0.717, 1.165) is 0 Å². The Hall–Kier alpha value is -0.960. The molecule has 3 nitrogen and oxygen atoms in total. The summed E-state index contributed by atoms with van der Waals surface area (Å²) in [6, 6.07) is 10.2. The summed E-state index contributed by atoms with van der Waals surface area (Å²) in [6.07, 6.45) is 3.58. The van der Waals surface area contributed by atoms with Gasteiger partial charge in [0.15, 0.2) is 0 Å². The number of aromatic nitrogens is 2. The first-order valence-corrected chi connectivity index (χ1v) is 7.69. The van der Waals surface area contributed by atoms with Gasteiger partial charge in [0.25, 0.3) is 0 Å².